The summed E-state index contributed by atoms with van der Waals surface area (Å²) in [6.07, 6.45) is 0. The van der Waals surface area contributed by atoms with Crippen molar-refractivity contribution in [2.24, 2.45) is 0 Å². The van der Waals surface area contributed by atoms with E-state index in [1.54, 1.807) is 13.0 Å². The molecule has 0 saturated carbocycles. The second-order valence-electron chi connectivity index (χ2n) is 5.43. The summed E-state index contributed by atoms with van der Waals surface area (Å²) in [7, 11) is 0. The maximum Gasteiger partial charge on any atom is 0.387 e. The van der Waals surface area contributed by atoms with Gasteiger partial charge in [0.15, 0.2) is 11.2 Å². The van der Waals surface area contributed by atoms with Gasteiger partial charge in [-0.2, -0.15) is 8.78 Å². The summed E-state index contributed by atoms with van der Waals surface area (Å²) in [5, 5.41) is 3.21. The Morgan fingerprint density at radius 3 is 2.54 bits per heavy atom. The average molecular weight is 380 g/mol. The molecule has 2 aromatic carbocycles. The van der Waals surface area contributed by atoms with Crippen molar-refractivity contribution >= 4 is 34.2 Å². The zero-order valence-corrected chi connectivity index (χ0v) is 14.1. The first kappa shape index (κ1) is 17.9. The number of nitrogens with one attached hydrogen (secondary N) is 1. The molecule has 0 spiro atoms. The van der Waals surface area contributed by atoms with Gasteiger partial charge in [0.2, 0.25) is 0 Å². The number of fused-ring (bicyclic) bond motifs is 1. The molecule has 0 aliphatic heterocycles. The molecule has 3 rings (SSSR count). The SMILES string of the molecule is Cc1cc2oc(C(=O)Nc3ccc(OC(F)F)cc3)cc(=O)c2cc1Cl. The Morgan fingerprint density at radius 2 is 1.88 bits per heavy atom. The largest absolute Gasteiger partial charge is 0.451 e. The predicted molar refractivity (Wildman–Crippen MR) is 93.3 cm³/mol. The summed E-state index contributed by atoms with van der Waals surface area (Å²) in [4.78, 5) is 24.5. The number of anilines is 1. The maximum absolute atomic E-state index is 12.3. The summed E-state index contributed by atoms with van der Waals surface area (Å²) in [6.45, 7) is -1.18. The third kappa shape index (κ3) is 3.83. The number of hydrogen-bond acceptors (Lipinski definition) is 4. The Kier molecular flexibility index (Phi) is 4.90. The number of carbonyl (C=O) groups is 1. The number of amides is 1. The highest BCUT2D eigenvalue weighted by molar-refractivity contribution is 6.32. The van der Waals surface area contributed by atoms with E-state index in [0.717, 1.165) is 6.07 Å². The molecule has 0 saturated heterocycles. The minimum atomic E-state index is -2.93. The van der Waals surface area contributed by atoms with Crippen molar-refractivity contribution in [3.8, 4) is 5.75 Å². The Hall–Kier alpha value is -2.93. The van der Waals surface area contributed by atoms with Crippen LogP contribution in [-0.2, 0) is 0 Å². The number of halogens is 3. The van der Waals surface area contributed by atoms with Crippen molar-refractivity contribution < 1.29 is 22.7 Å². The topological polar surface area (TPSA) is 68.5 Å². The normalized spacial score (nSPS) is 11.0. The van der Waals surface area contributed by atoms with E-state index < -0.39 is 17.9 Å². The molecule has 0 radical (unpaired) electrons. The average Bonchev–Trinajstić information content (AvgIpc) is 2.58. The number of benzene rings is 2. The van der Waals surface area contributed by atoms with E-state index in [2.05, 4.69) is 10.1 Å². The van der Waals surface area contributed by atoms with E-state index in [0.29, 0.717) is 16.3 Å². The molecule has 134 valence electrons. The molecular formula is C18H12ClF2NO4. The lowest BCUT2D eigenvalue weighted by Gasteiger charge is -2.08. The Morgan fingerprint density at radius 1 is 1.19 bits per heavy atom. The summed E-state index contributed by atoms with van der Waals surface area (Å²) < 4.78 is 34.0. The molecule has 1 amide bonds. The Labute approximate surface area is 151 Å². The van der Waals surface area contributed by atoms with Crippen LogP contribution in [-0.4, -0.2) is 12.5 Å². The Bertz CT molecular complexity index is 1030. The summed E-state index contributed by atoms with van der Waals surface area (Å²) in [5.41, 5.74) is 0.866. The van der Waals surface area contributed by atoms with Crippen molar-refractivity contribution in [2.45, 2.75) is 13.5 Å². The monoisotopic (exact) mass is 379 g/mol. The smallest absolute Gasteiger partial charge is 0.387 e. The number of ether oxygens (including phenoxy) is 1. The maximum atomic E-state index is 12.3. The number of carbonyl (C=O) groups excluding carboxylic acids is 1. The van der Waals surface area contributed by atoms with Crippen molar-refractivity contribution in [1.82, 2.24) is 0 Å². The van der Waals surface area contributed by atoms with Crippen LogP contribution in [0.25, 0.3) is 11.0 Å². The lowest BCUT2D eigenvalue weighted by Crippen LogP contribution is -2.15. The van der Waals surface area contributed by atoms with Gasteiger partial charge in [0.25, 0.3) is 5.91 Å². The van der Waals surface area contributed by atoms with E-state index in [1.807, 2.05) is 0 Å². The molecule has 0 atom stereocenters. The molecule has 0 fully saturated rings. The molecule has 1 N–H and O–H groups in total. The predicted octanol–water partition coefficient (Wildman–Crippen LogP) is 4.61. The van der Waals surface area contributed by atoms with Gasteiger partial charge in [-0.1, -0.05) is 11.6 Å². The minimum absolute atomic E-state index is 0.0393. The van der Waals surface area contributed by atoms with Gasteiger partial charge in [-0.05, 0) is 48.9 Å². The van der Waals surface area contributed by atoms with Crippen molar-refractivity contribution in [3.63, 3.8) is 0 Å². The molecule has 0 aliphatic rings. The Balaban J connectivity index is 1.86. The fourth-order valence-electron chi connectivity index (χ4n) is 2.30. The second-order valence-corrected chi connectivity index (χ2v) is 5.84. The zero-order chi connectivity index (χ0) is 18.8. The van der Waals surface area contributed by atoms with Crippen molar-refractivity contribution in [1.29, 1.82) is 0 Å². The van der Waals surface area contributed by atoms with E-state index in [4.69, 9.17) is 16.0 Å². The molecule has 5 nitrogen and oxygen atoms in total. The molecule has 0 bridgehead atoms. The van der Waals surface area contributed by atoms with Crippen LogP contribution in [0.15, 0.2) is 51.7 Å². The van der Waals surface area contributed by atoms with Crippen molar-refractivity contribution in [2.75, 3.05) is 5.32 Å². The molecular weight excluding hydrogens is 368 g/mol. The quantitative estimate of drug-likeness (QED) is 0.718. The van der Waals surface area contributed by atoms with E-state index in [9.17, 15) is 18.4 Å². The summed E-state index contributed by atoms with van der Waals surface area (Å²) >= 11 is 6.00. The van der Waals surface area contributed by atoms with Crippen LogP contribution in [0.3, 0.4) is 0 Å². The first-order chi connectivity index (χ1) is 12.3. The van der Waals surface area contributed by atoms with Gasteiger partial charge in [-0.3, -0.25) is 9.59 Å². The molecule has 0 aliphatic carbocycles. The summed E-state index contributed by atoms with van der Waals surface area (Å²) in [6, 6.07) is 9.47. The number of rotatable bonds is 4. The van der Waals surface area contributed by atoms with Gasteiger partial charge >= 0.3 is 6.61 Å². The van der Waals surface area contributed by atoms with Gasteiger partial charge < -0.3 is 14.5 Å². The fraction of sp³-hybridized carbons (Fsp3) is 0.111. The first-order valence-corrected chi connectivity index (χ1v) is 7.81. The number of aryl methyl sites for hydroxylation is 1. The lowest BCUT2D eigenvalue weighted by molar-refractivity contribution is -0.0498. The first-order valence-electron chi connectivity index (χ1n) is 7.44. The van der Waals surface area contributed by atoms with Gasteiger partial charge in [-0.25, -0.2) is 0 Å². The van der Waals surface area contributed by atoms with Gasteiger partial charge in [0, 0.05) is 16.8 Å². The molecule has 3 aromatic rings. The molecule has 8 heteroatoms. The highest BCUT2D eigenvalue weighted by atomic mass is 35.5. The van der Waals surface area contributed by atoms with Crippen LogP contribution in [0.2, 0.25) is 5.02 Å². The number of alkyl halides is 2. The van der Waals surface area contributed by atoms with Crippen LogP contribution >= 0.6 is 11.6 Å². The molecule has 26 heavy (non-hydrogen) atoms. The standard InChI is InChI=1S/C18H12ClF2NO4/c1-9-6-15-12(7-13(9)19)14(23)8-16(26-15)17(24)22-10-2-4-11(5-3-10)25-18(20)21/h2-8,18H,1H3,(H,22,24). The third-order valence-electron chi connectivity index (χ3n) is 3.57. The highest BCUT2D eigenvalue weighted by Crippen LogP contribution is 2.23. The fourth-order valence-corrected chi connectivity index (χ4v) is 2.46. The second kappa shape index (κ2) is 7.13. The van der Waals surface area contributed by atoms with E-state index >= 15 is 0 Å². The van der Waals surface area contributed by atoms with Gasteiger partial charge in [0.05, 0.1) is 5.39 Å². The molecule has 1 heterocycles. The van der Waals surface area contributed by atoms with Crippen LogP contribution < -0.4 is 15.5 Å². The number of hydrogen-bond donors (Lipinski definition) is 1. The van der Waals surface area contributed by atoms with Crippen LogP contribution in [0.5, 0.6) is 5.75 Å². The highest BCUT2D eigenvalue weighted by Gasteiger charge is 2.14. The van der Waals surface area contributed by atoms with Gasteiger partial charge in [0.1, 0.15) is 11.3 Å². The van der Waals surface area contributed by atoms with E-state index in [1.165, 1.54) is 30.3 Å². The van der Waals surface area contributed by atoms with Crippen LogP contribution in [0, 0.1) is 6.92 Å². The van der Waals surface area contributed by atoms with Crippen molar-refractivity contribution in [3.05, 3.63) is 69.0 Å². The summed E-state index contributed by atoms with van der Waals surface area (Å²) in [5.74, 6) is -0.876. The third-order valence-corrected chi connectivity index (χ3v) is 3.98. The minimum Gasteiger partial charge on any atom is -0.451 e. The van der Waals surface area contributed by atoms with Gasteiger partial charge in [-0.15, -0.1) is 0 Å². The lowest BCUT2D eigenvalue weighted by atomic mass is 10.1. The van der Waals surface area contributed by atoms with Crippen LogP contribution in [0.4, 0.5) is 14.5 Å². The zero-order valence-electron chi connectivity index (χ0n) is 13.4. The van der Waals surface area contributed by atoms with E-state index in [-0.39, 0.29) is 22.5 Å². The molecule has 1 aromatic heterocycles. The van der Waals surface area contributed by atoms with Crippen LogP contribution in [0.1, 0.15) is 16.1 Å². The molecule has 0 unspecified atom stereocenters.